The molecule has 5 unspecified atom stereocenters. The third-order valence-electron chi connectivity index (χ3n) is 4.59. The molecule has 5 atom stereocenters. The molecular weight excluding hydrogens is 386 g/mol. The van der Waals surface area contributed by atoms with E-state index in [1.807, 2.05) is 10.9 Å². The van der Waals surface area contributed by atoms with Gasteiger partial charge in [-0.05, 0) is 30.9 Å². The van der Waals surface area contributed by atoms with Gasteiger partial charge in [0.25, 0.3) is 0 Å². The van der Waals surface area contributed by atoms with Crippen LogP contribution < -0.4 is 0 Å². The van der Waals surface area contributed by atoms with Crippen LogP contribution in [0.4, 0.5) is 0 Å². The first kappa shape index (κ1) is 23.5. The molecule has 0 aliphatic carbocycles. The number of hydrogen-bond acceptors (Lipinski definition) is 9. The van der Waals surface area contributed by atoms with Gasteiger partial charge < -0.3 is 29.9 Å². The van der Waals surface area contributed by atoms with Gasteiger partial charge in [0, 0.05) is 13.2 Å². The summed E-state index contributed by atoms with van der Waals surface area (Å²) in [4.78, 5) is 0. The number of aryl methyl sites for hydroxylation is 1. The molecule has 9 nitrogen and oxygen atoms in total. The fourth-order valence-corrected chi connectivity index (χ4v) is 3.97. The maximum Gasteiger partial charge on any atom is 0.132 e. The normalized spacial score (nSPS) is 28.2. The average Bonchev–Trinajstić information content (AvgIpc) is 3.13. The number of thioether (sulfide) groups is 1. The van der Waals surface area contributed by atoms with Crippen LogP contribution in [0.25, 0.3) is 0 Å². The van der Waals surface area contributed by atoms with Crippen LogP contribution in [0.3, 0.4) is 0 Å². The van der Waals surface area contributed by atoms with Gasteiger partial charge in [-0.3, -0.25) is 4.68 Å². The molecule has 1 aliphatic heterocycles. The summed E-state index contributed by atoms with van der Waals surface area (Å²) in [5.41, 5.74) is 0.150. The van der Waals surface area contributed by atoms with Gasteiger partial charge in [-0.25, -0.2) is 0 Å². The number of aromatic nitrogens is 3. The summed E-state index contributed by atoms with van der Waals surface area (Å²) in [6, 6.07) is 0. The topological polar surface area (TPSA) is 130 Å². The van der Waals surface area contributed by atoms with Gasteiger partial charge in [0.05, 0.1) is 19.4 Å². The lowest BCUT2D eigenvalue weighted by molar-refractivity contribution is -0.205. The number of hydrogen-bond donors (Lipinski definition) is 4. The Morgan fingerprint density at radius 3 is 2.71 bits per heavy atom. The minimum absolute atomic E-state index is 0.405. The van der Waals surface area contributed by atoms with E-state index in [0.29, 0.717) is 24.9 Å². The number of aliphatic hydroxyl groups excluding tert-OH is 4. The Bertz CT molecular complexity index is 559. The predicted octanol–water partition coefficient (Wildman–Crippen LogP) is 0.154. The van der Waals surface area contributed by atoms with Gasteiger partial charge >= 0.3 is 0 Å². The molecule has 0 amide bonds. The lowest BCUT2D eigenvalue weighted by Gasteiger charge is -2.39. The van der Waals surface area contributed by atoms with E-state index in [0.717, 1.165) is 31.5 Å². The second-order valence-electron chi connectivity index (χ2n) is 7.48. The van der Waals surface area contributed by atoms with E-state index in [2.05, 4.69) is 24.2 Å². The summed E-state index contributed by atoms with van der Waals surface area (Å²) in [6.07, 6.45) is -0.000377. The van der Waals surface area contributed by atoms with Crippen molar-refractivity contribution in [2.75, 3.05) is 19.0 Å². The number of ether oxygens (including phenoxy) is 2. The minimum Gasteiger partial charge on any atom is -0.394 e. The van der Waals surface area contributed by atoms with Crippen molar-refractivity contribution in [1.82, 2.24) is 15.0 Å². The maximum absolute atomic E-state index is 9.98. The van der Waals surface area contributed by atoms with Crippen molar-refractivity contribution in [1.29, 1.82) is 0 Å². The first-order chi connectivity index (χ1) is 13.4. The van der Waals surface area contributed by atoms with E-state index < -0.39 is 36.5 Å². The van der Waals surface area contributed by atoms with Crippen molar-refractivity contribution in [3.63, 3.8) is 0 Å². The third kappa shape index (κ3) is 7.25. The Kier molecular flexibility index (Phi) is 10.1. The second-order valence-corrected chi connectivity index (χ2v) is 8.69. The van der Waals surface area contributed by atoms with Crippen LogP contribution in [0.1, 0.15) is 38.8 Å². The molecule has 162 valence electrons. The minimum atomic E-state index is -1.32. The summed E-state index contributed by atoms with van der Waals surface area (Å²) in [5.74, 6) is 1.34. The Balaban J connectivity index is 1.56. The van der Waals surface area contributed by atoms with E-state index in [1.54, 1.807) is 0 Å². The fourth-order valence-electron chi connectivity index (χ4n) is 2.79. The Labute approximate surface area is 170 Å². The van der Waals surface area contributed by atoms with Crippen LogP contribution in [0.2, 0.25) is 0 Å². The number of aliphatic hydroxyl groups is 4. The molecule has 1 aromatic rings. The molecule has 2 heterocycles. The smallest absolute Gasteiger partial charge is 0.132 e. The largest absolute Gasteiger partial charge is 0.394 e. The molecule has 0 aromatic carbocycles. The maximum atomic E-state index is 9.98. The van der Waals surface area contributed by atoms with Crippen LogP contribution in [0, 0.1) is 5.92 Å². The molecular formula is C18H33N3O6S. The Hall–Kier alpha value is -0.750. The highest BCUT2D eigenvalue weighted by Crippen LogP contribution is 2.28. The van der Waals surface area contributed by atoms with Gasteiger partial charge in [-0.15, -0.1) is 16.9 Å². The molecule has 10 heteroatoms. The third-order valence-corrected chi connectivity index (χ3v) is 5.83. The van der Waals surface area contributed by atoms with E-state index in [-0.39, 0.29) is 0 Å². The highest BCUT2D eigenvalue weighted by atomic mass is 32.2. The molecule has 1 aliphatic rings. The molecule has 0 radical (unpaired) electrons. The summed E-state index contributed by atoms with van der Waals surface area (Å²) >= 11 is 1.36. The predicted molar refractivity (Wildman–Crippen MR) is 105 cm³/mol. The molecule has 2 rings (SSSR count). The van der Waals surface area contributed by atoms with Gasteiger partial charge in [0.15, 0.2) is 0 Å². The van der Waals surface area contributed by atoms with Crippen LogP contribution in [0.15, 0.2) is 6.20 Å². The zero-order valence-electron chi connectivity index (χ0n) is 16.6. The van der Waals surface area contributed by atoms with Gasteiger partial charge in [0.2, 0.25) is 0 Å². The van der Waals surface area contributed by atoms with Crippen molar-refractivity contribution in [3.8, 4) is 0 Å². The van der Waals surface area contributed by atoms with E-state index in [4.69, 9.17) is 9.47 Å². The van der Waals surface area contributed by atoms with Crippen LogP contribution in [0.5, 0.6) is 0 Å². The van der Waals surface area contributed by atoms with Crippen LogP contribution in [-0.2, 0) is 22.6 Å². The lowest BCUT2D eigenvalue weighted by atomic mass is 10.0. The van der Waals surface area contributed by atoms with E-state index >= 15 is 0 Å². The van der Waals surface area contributed by atoms with E-state index in [9.17, 15) is 20.4 Å². The van der Waals surface area contributed by atoms with Crippen LogP contribution in [-0.4, -0.2) is 84.2 Å². The molecule has 28 heavy (non-hydrogen) atoms. The molecule has 1 fully saturated rings. The summed E-state index contributed by atoms with van der Waals surface area (Å²) in [5, 5.41) is 46.9. The summed E-state index contributed by atoms with van der Waals surface area (Å²) in [6.45, 7) is 5.83. The number of nitrogens with zero attached hydrogens (tertiary/aromatic N) is 3. The van der Waals surface area contributed by atoms with Crippen molar-refractivity contribution < 1.29 is 29.9 Å². The highest BCUT2D eigenvalue weighted by Gasteiger charge is 2.43. The average molecular weight is 420 g/mol. The standard InChI is InChI=1S/C18H33N3O6S/c1-12(2)5-6-21-9-13(19-20-21)11-26-7-3-4-8-28-18-17(25)16(24)15(23)14(10-22)27-18/h9,12,14-18,22-25H,3-8,10-11H2,1-2H3. The van der Waals surface area contributed by atoms with Crippen molar-refractivity contribution >= 4 is 11.8 Å². The first-order valence-electron chi connectivity index (χ1n) is 9.81. The SMILES string of the molecule is CC(C)CCn1cc(COCCCCSC2OC(CO)C(O)C(O)C2O)nn1. The number of unbranched alkanes of at least 4 members (excludes halogenated alkanes) is 1. The Morgan fingerprint density at radius 2 is 2.00 bits per heavy atom. The van der Waals surface area contributed by atoms with Gasteiger partial charge in [-0.1, -0.05) is 19.1 Å². The second kappa shape index (κ2) is 12.1. The molecule has 1 aromatic heterocycles. The number of rotatable bonds is 12. The summed E-state index contributed by atoms with van der Waals surface area (Å²) < 4.78 is 12.9. The van der Waals surface area contributed by atoms with Crippen LogP contribution >= 0.6 is 11.8 Å². The Morgan fingerprint density at radius 1 is 1.21 bits per heavy atom. The molecule has 4 N–H and O–H groups in total. The molecule has 0 bridgehead atoms. The monoisotopic (exact) mass is 419 g/mol. The zero-order chi connectivity index (χ0) is 20.5. The van der Waals surface area contributed by atoms with Crippen molar-refractivity contribution in [3.05, 3.63) is 11.9 Å². The fraction of sp³-hybridized carbons (Fsp3) is 0.889. The van der Waals surface area contributed by atoms with Crippen molar-refractivity contribution in [2.45, 2.75) is 76.1 Å². The van der Waals surface area contributed by atoms with Crippen molar-refractivity contribution in [2.24, 2.45) is 5.92 Å². The lowest BCUT2D eigenvalue weighted by Crippen LogP contribution is -2.57. The molecule has 0 saturated carbocycles. The quantitative estimate of drug-likeness (QED) is 0.350. The molecule has 0 spiro atoms. The van der Waals surface area contributed by atoms with E-state index in [1.165, 1.54) is 11.8 Å². The zero-order valence-corrected chi connectivity index (χ0v) is 17.4. The van der Waals surface area contributed by atoms with Gasteiger partial charge in [0.1, 0.15) is 35.5 Å². The first-order valence-corrected chi connectivity index (χ1v) is 10.9. The van der Waals surface area contributed by atoms with Gasteiger partial charge in [-0.2, -0.15) is 0 Å². The summed E-state index contributed by atoms with van der Waals surface area (Å²) in [7, 11) is 0. The highest BCUT2D eigenvalue weighted by molar-refractivity contribution is 7.99. The molecule has 1 saturated heterocycles.